The van der Waals surface area contributed by atoms with Crippen molar-refractivity contribution >= 4 is 40.2 Å². The molecule has 8 heteroatoms. The molecule has 7 nitrogen and oxygen atoms in total. The van der Waals surface area contributed by atoms with E-state index in [1.807, 2.05) is 43.3 Å². The average Bonchev–Trinajstić information content (AvgIpc) is 3.68. The second-order valence-corrected chi connectivity index (χ2v) is 9.46. The van der Waals surface area contributed by atoms with Gasteiger partial charge in [-0.15, -0.1) is 0 Å². The van der Waals surface area contributed by atoms with E-state index >= 15 is 0 Å². The van der Waals surface area contributed by atoms with Crippen LogP contribution in [0.1, 0.15) is 28.8 Å². The highest BCUT2D eigenvalue weighted by Gasteiger charge is 2.25. The average molecular weight is 485 g/mol. The SMILES string of the molecule is Cc1ccc(-n2c(SCC(=O)Nc3ccccc3C(=O)NC3CC3)nc3ccccc3c2=O)cc1. The van der Waals surface area contributed by atoms with Crippen molar-refractivity contribution in [3.05, 3.63) is 94.3 Å². The molecule has 1 aliphatic carbocycles. The fourth-order valence-electron chi connectivity index (χ4n) is 3.73. The molecular weight excluding hydrogens is 460 g/mol. The molecular formula is C27H24N4O3S. The number of nitrogens with zero attached hydrogens (tertiary/aromatic N) is 2. The Morgan fingerprint density at radius 2 is 1.71 bits per heavy atom. The maximum atomic E-state index is 13.3. The van der Waals surface area contributed by atoms with Crippen LogP contribution in [0.25, 0.3) is 16.6 Å². The van der Waals surface area contributed by atoms with E-state index in [0.29, 0.717) is 33.0 Å². The number of aryl methyl sites for hydroxylation is 1. The Hall–Kier alpha value is -3.91. The van der Waals surface area contributed by atoms with Crippen LogP contribution in [0.4, 0.5) is 5.69 Å². The first-order valence-electron chi connectivity index (χ1n) is 11.4. The van der Waals surface area contributed by atoms with Crippen LogP contribution in [0.15, 0.2) is 82.7 Å². The Kier molecular flexibility index (Phi) is 6.37. The minimum absolute atomic E-state index is 0.0230. The summed E-state index contributed by atoms with van der Waals surface area (Å²) in [6.45, 7) is 1.98. The minimum Gasteiger partial charge on any atom is -0.349 e. The van der Waals surface area contributed by atoms with Crippen molar-refractivity contribution in [2.45, 2.75) is 31.0 Å². The lowest BCUT2D eigenvalue weighted by atomic mass is 10.1. The second kappa shape index (κ2) is 9.76. The van der Waals surface area contributed by atoms with Gasteiger partial charge < -0.3 is 10.6 Å². The van der Waals surface area contributed by atoms with Crippen LogP contribution < -0.4 is 16.2 Å². The first-order chi connectivity index (χ1) is 17.0. The number of anilines is 1. The molecule has 35 heavy (non-hydrogen) atoms. The molecule has 0 spiro atoms. The third kappa shape index (κ3) is 5.12. The number of hydrogen-bond donors (Lipinski definition) is 2. The van der Waals surface area contributed by atoms with E-state index in [1.54, 1.807) is 36.4 Å². The number of benzene rings is 3. The first kappa shape index (κ1) is 22.9. The van der Waals surface area contributed by atoms with Crippen molar-refractivity contribution in [2.24, 2.45) is 0 Å². The summed E-state index contributed by atoms with van der Waals surface area (Å²) in [6.07, 6.45) is 1.97. The van der Waals surface area contributed by atoms with E-state index in [0.717, 1.165) is 18.4 Å². The van der Waals surface area contributed by atoms with Crippen molar-refractivity contribution in [2.75, 3.05) is 11.1 Å². The van der Waals surface area contributed by atoms with Crippen molar-refractivity contribution in [1.29, 1.82) is 0 Å². The summed E-state index contributed by atoms with van der Waals surface area (Å²) in [5.41, 5.74) is 3.03. The summed E-state index contributed by atoms with van der Waals surface area (Å²) in [7, 11) is 0. The summed E-state index contributed by atoms with van der Waals surface area (Å²) in [5, 5.41) is 6.72. The van der Waals surface area contributed by atoms with Crippen LogP contribution >= 0.6 is 11.8 Å². The molecule has 0 unspecified atom stereocenters. The number of amides is 2. The van der Waals surface area contributed by atoms with Crippen molar-refractivity contribution in [3.8, 4) is 5.69 Å². The molecule has 1 heterocycles. The van der Waals surface area contributed by atoms with Gasteiger partial charge in [-0.2, -0.15) is 0 Å². The van der Waals surface area contributed by atoms with Gasteiger partial charge in [-0.05, 0) is 56.2 Å². The van der Waals surface area contributed by atoms with Gasteiger partial charge in [-0.1, -0.05) is 53.7 Å². The number of carbonyl (C=O) groups is 2. The second-order valence-electron chi connectivity index (χ2n) is 8.52. The van der Waals surface area contributed by atoms with E-state index in [1.165, 1.54) is 16.3 Å². The lowest BCUT2D eigenvalue weighted by molar-refractivity contribution is -0.113. The minimum atomic E-state index is -0.292. The van der Waals surface area contributed by atoms with Gasteiger partial charge in [-0.25, -0.2) is 4.98 Å². The highest BCUT2D eigenvalue weighted by molar-refractivity contribution is 7.99. The predicted molar refractivity (Wildman–Crippen MR) is 138 cm³/mol. The maximum absolute atomic E-state index is 13.3. The van der Waals surface area contributed by atoms with Gasteiger partial charge in [0.25, 0.3) is 11.5 Å². The number of thioether (sulfide) groups is 1. The van der Waals surface area contributed by atoms with Gasteiger partial charge in [0, 0.05) is 6.04 Å². The molecule has 1 aliphatic rings. The van der Waals surface area contributed by atoms with Crippen LogP contribution in [-0.4, -0.2) is 33.2 Å². The van der Waals surface area contributed by atoms with Gasteiger partial charge in [0.1, 0.15) is 0 Å². The Morgan fingerprint density at radius 3 is 2.49 bits per heavy atom. The van der Waals surface area contributed by atoms with Gasteiger partial charge in [-0.3, -0.25) is 19.0 Å². The summed E-state index contributed by atoms with van der Waals surface area (Å²) in [6, 6.07) is 21.9. The number of nitrogens with one attached hydrogen (secondary N) is 2. The number of aromatic nitrogens is 2. The zero-order valence-electron chi connectivity index (χ0n) is 19.2. The van der Waals surface area contributed by atoms with Crippen molar-refractivity contribution < 1.29 is 9.59 Å². The zero-order valence-corrected chi connectivity index (χ0v) is 20.0. The molecule has 4 aromatic rings. The van der Waals surface area contributed by atoms with Crippen LogP contribution in [0, 0.1) is 6.92 Å². The fourth-order valence-corrected chi connectivity index (χ4v) is 4.54. The van der Waals surface area contributed by atoms with Crippen molar-refractivity contribution in [3.63, 3.8) is 0 Å². The van der Waals surface area contributed by atoms with Crippen molar-refractivity contribution in [1.82, 2.24) is 14.9 Å². The maximum Gasteiger partial charge on any atom is 0.266 e. The van der Waals surface area contributed by atoms with Crippen LogP contribution in [0.5, 0.6) is 0 Å². The Balaban J connectivity index is 1.40. The number of fused-ring (bicyclic) bond motifs is 1. The lowest BCUT2D eigenvalue weighted by Crippen LogP contribution is -2.27. The standard InChI is InChI=1S/C27H24N4O3S/c1-17-10-14-19(15-11-17)31-26(34)21-7-3-5-9-23(21)30-27(31)35-16-24(32)29-22-8-4-2-6-20(22)25(33)28-18-12-13-18/h2-11,14-15,18H,12-13,16H2,1H3,(H,28,33)(H,29,32). The molecule has 2 amide bonds. The fraction of sp³-hybridized carbons (Fsp3) is 0.185. The largest absolute Gasteiger partial charge is 0.349 e. The Bertz CT molecular complexity index is 1480. The number of rotatable bonds is 7. The highest BCUT2D eigenvalue weighted by Crippen LogP contribution is 2.24. The molecule has 2 N–H and O–H groups in total. The predicted octanol–water partition coefficient (Wildman–Crippen LogP) is 4.32. The third-order valence-electron chi connectivity index (χ3n) is 5.73. The molecule has 176 valence electrons. The number of carbonyl (C=O) groups excluding carboxylic acids is 2. The highest BCUT2D eigenvalue weighted by atomic mass is 32.2. The lowest BCUT2D eigenvalue weighted by Gasteiger charge is -2.14. The smallest absolute Gasteiger partial charge is 0.266 e. The van der Waals surface area contributed by atoms with E-state index in [2.05, 4.69) is 15.6 Å². The van der Waals surface area contributed by atoms with Crippen LogP contribution in [0.2, 0.25) is 0 Å². The van der Waals surface area contributed by atoms with E-state index in [4.69, 9.17) is 0 Å². The Morgan fingerprint density at radius 1 is 1.00 bits per heavy atom. The quantitative estimate of drug-likeness (QED) is 0.301. The van der Waals surface area contributed by atoms with Crippen LogP contribution in [-0.2, 0) is 4.79 Å². The molecule has 1 saturated carbocycles. The van der Waals surface area contributed by atoms with Gasteiger partial charge in [0.05, 0.1) is 33.6 Å². The molecule has 0 aliphatic heterocycles. The van der Waals surface area contributed by atoms with Gasteiger partial charge >= 0.3 is 0 Å². The number of hydrogen-bond acceptors (Lipinski definition) is 5. The van der Waals surface area contributed by atoms with Gasteiger partial charge in [0.2, 0.25) is 5.91 Å². The number of para-hydroxylation sites is 2. The third-order valence-corrected chi connectivity index (χ3v) is 6.67. The van der Waals surface area contributed by atoms with Gasteiger partial charge in [0.15, 0.2) is 5.16 Å². The van der Waals surface area contributed by atoms with E-state index in [-0.39, 0.29) is 29.2 Å². The van der Waals surface area contributed by atoms with Crippen LogP contribution in [0.3, 0.4) is 0 Å². The molecule has 1 fully saturated rings. The summed E-state index contributed by atoms with van der Waals surface area (Å²) >= 11 is 1.18. The zero-order chi connectivity index (χ0) is 24.4. The molecule has 0 bridgehead atoms. The molecule has 0 atom stereocenters. The first-order valence-corrected chi connectivity index (χ1v) is 12.4. The van der Waals surface area contributed by atoms with E-state index in [9.17, 15) is 14.4 Å². The molecule has 1 aromatic heterocycles. The molecule has 0 radical (unpaired) electrons. The summed E-state index contributed by atoms with van der Waals surface area (Å²) in [5.74, 6) is -0.463. The molecule has 5 rings (SSSR count). The topological polar surface area (TPSA) is 93.1 Å². The van der Waals surface area contributed by atoms with E-state index < -0.39 is 0 Å². The molecule has 3 aromatic carbocycles. The monoisotopic (exact) mass is 484 g/mol. The summed E-state index contributed by atoms with van der Waals surface area (Å²) in [4.78, 5) is 43.4. The summed E-state index contributed by atoms with van der Waals surface area (Å²) < 4.78 is 1.54. The molecule has 0 saturated heterocycles. The Labute approximate surface area is 206 Å². The normalized spacial score (nSPS) is 12.9.